The lowest BCUT2D eigenvalue weighted by molar-refractivity contribution is 0.0934. The van der Waals surface area contributed by atoms with Gasteiger partial charge in [0, 0.05) is 12.1 Å². The molecular formula is C24H27N3O. The molecule has 2 aromatic carbocycles. The number of hydrogen-bond donors (Lipinski definition) is 1. The fourth-order valence-corrected chi connectivity index (χ4v) is 3.91. The van der Waals surface area contributed by atoms with E-state index in [1.54, 1.807) is 0 Å². The van der Waals surface area contributed by atoms with Crippen LogP contribution in [0.2, 0.25) is 0 Å². The van der Waals surface area contributed by atoms with Crippen molar-refractivity contribution in [3.05, 3.63) is 77.1 Å². The number of benzene rings is 2. The van der Waals surface area contributed by atoms with Crippen LogP contribution in [0.3, 0.4) is 0 Å². The van der Waals surface area contributed by atoms with Crippen molar-refractivity contribution in [3.8, 4) is 11.4 Å². The zero-order chi connectivity index (χ0) is 19.5. The molecule has 144 valence electrons. The van der Waals surface area contributed by atoms with Gasteiger partial charge in [0.05, 0.1) is 11.7 Å². The molecule has 1 atom stereocenters. The van der Waals surface area contributed by atoms with Crippen LogP contribution in [-0.2, 0) is 13.0 Å². The first kappa shape index (κ1) is 18.5. The maximum absolute atomic E-state index is 13.1. The quantitative estimate of drug-likeness (QED) is 0.693. The number of fused-ring (bicyclic) bond motifs is 1. The summed E-state index contributed by atoms with van der Waals surface area (Å²) in [7, 11) is 0. The first-order valence-electron chi connectivity index (χ1n) is 10.2. The van der Waals surface area contributed by atoms with Gasteiger partial charge in [-0.3, -0.25) is 4.79 Å². The molecule has 0 radical (unpaired) electrons. The number of nitrogens with zero attached hydrogens (tertiary/aromatic N) is 2. The molecule has 28 heavy (non-hydrogen) atoms. The van der Waals surface area contributed by atoms with E-state index in [4.69, 9.17) is 4.98 Å². The molecular weight excluding hydrogens is 346 g/mol. The Bertz CT molecular complexity index is 958. The van der Waals surface area contributed by atoms with E-state index in [2.05, 4.69) is 41.1 Å². The molecule has 0 fully saturated rings. The molecule has 0 saturated heterocycles. The number of nitrogens with one attached hydrogen (secondary N) is 1. The second-order valence-electron chi connectivity index (χ2n) is 7.66. The van der Waals surface area contributed by atoms with Crippen LogP contribution in [0, 0.1) is 6.92 Å². The fourth-order valence-electron chi connectivity index (χ4n) is 3.91. The third-order valence-electron chi connectivity index (χ3n) is 5.54. The first-order valence-corrected chi connectivity index (χ1v) is 10.2. The normalized spacial score (nSPS) is 14.8. The van der Waals surface area contributed by atoms with Crippen LogP contribution in [0.15, 0.2) is 54.6 Å². The molecule has 1 N–H and O–H groups in total. The molecule has 0 aliphatic carbocycles. The second-order valence-corrected chi connectivity index (χ2v) is 7.66. The summed E-state index contributed by atoms with van der Waals surface area (Å²) >= 11 is 0. The number of carbonyl (C=O) groups excluding carboxylic acids is 1. The summed E-state index contributed by atoms with van der Waals surface area (Å²) in [6.45, 7) is 5.02. The molecule has 0 saturated carbocycles. The minimum absolute atomic E-state index is 0.0559. The largest absolute Gasteiger partial charge is 0.344 e. The highest BCUT2D eigenvalue weighted by molar-refractivity contribution is 5.94. The van der Waals surface area contributed by atoms with Gasteiger partial charge < -0.3 is 9.88 Å². The molecule has 3 aromatic rings. The summed E-state index contributed by atoms with van der Waals surface area (Å²) in [4.78, 5) is 18.0. The lowest BCUT2D eigenvalue weighted by Crippen LogP contribution is -2.28. The average molecular weight is 374 g/mol. The highest BCUT2D eigenvalue weighted by Gasteiger charge is 2.25. The highest BCUT2D eigenvalue weighted by Crippen LogP contribution is 2.28. The molecule has 2 heterocycles. The van der Waals surface area contributed by atoms with E-state index in [1.165, 1.54) is 12.0 Å². The van der Waals surface area contributed by atoms with Crippen LogP contribution in [0.1, 0.15) is 59.5 Å². The summed E-state index contributed by atoms with van der Waals surface area (Å²) in [5, 5.41) is 3.14. The second kappa shape index (κ2) is 8.01. The number of rotatable bonds is 4. The van der Waals surface area contributed by atoms with E-state index in [9.17, 15) is 4.79 Å². The summed E-state index contributed by atoms with van der Waals surface area (Å²) in [5.41, 5.74) is 5.05. The topological polar surface area (TPSA) is 46.9 Å². The van der Waals surface area contributed by atoms with E-state index in [0.717, 1.165) is 48.5 Å². The standard InChI is InChI=1S/C24H27N3O/c1-17-12-14-20(15-13-17)23-26-22(21-11-7-4-8-16-27(21)23)24(28)25-18(2)19-9-5-3-6-10-19/h3,5-6,9-10,12-15,18H,4,7-8,11,16H2,1-2H3,(H,25,28)/t18-/m1/s1. The number of imidazole rings is 1. The maximum atomic E-state index is 13.1. The molecule has 1 amide bonds. The van der Waals surface area contributed by atoms with E-state index >= 15 is 0 Å². The Morgan fingerprint density at radius 1 is 1.04 bits per heavy atom. The van der Waals surface area contributed by atoms with Crippen molar-refractivity contribution in [2.45, 2.75) is 52.1 Å². The fraction of sp³-hybridized carbons (Fsp3) is 0.333. The minimum atomic E-state index is -0.0830. The third-order valence-corrected chi connectivity index (χ3v) is 5.54. The number of aryl methyl sites for hydroxylation is 1. The van der Waals surface area contributed by atoms with Gasteiger partial charge >= 0.3 is 0 Å². The zero-order valence-corrected chi connectivity index (χ0v) is 16.6. The Morgan fingerprint density at radius 3 is 2.54 bits per heavy atom. The predicted octanol–water partition coefficient (Wildman–Crippen LogP) is 5.08. The Balaban J connectivity index is 1.68. The third kappa shape index (κ3) is 3.72. The van der Waals surface area contributed by atoms with E-state index in [1.807, 2.05) is 37.3 Å². The van der Waals surface area contributed by atoms with Gasteiger partial charge in [0.1, 0.15) is 11.5 Å². The Morgan fingerprint density at radius 2 is 1.79 bits per heavy atom. The molecule has 1 aliphatic heterocycles. The van der Waals surface area contributed by atoms with Gasteiger partial charge in [0.25, 0.3) is 5.91 Å². The SMILES string of the molecule is Cc1ccc(-c2nc(C(=O)N[C@H](C)c3ccccc3)c3n2CCCCC3)cc1. The van der Waals surface area contributed by atoms with Crippen LogP contribution in [0.5, 0.6) is 0 Å². The van der Waals surface area contributed by atoms with E-state index in [0.29, 0.717) is 5.69 Å². The Kier molecular flexibility index (Phi) is 5.29. The van der Waals surface area contributed by atoms with Crippen LogP contribution in [0.25, 0.3) is 11.4 Å². The van der Waals surface area contributed by atoms with Crippen LogP contribution < -0.4 is 5.32 Å². The van der Waals surface area contributed by atoms with E-state index in [-0.39, 0.29) is 11.9 Å². The van der Waals surface area contributed by atoms with Gasteiger partial charge in [-0.1, -0.05) is 66.6 Å². The lowest BCUT2D eigenvalue weighted by atomic mass is 10.1. The maximum Gasteiger partial charge on any atom is 0.272 e. The van der Waals surface area contributed by atoms with Gasteiger partial charge in [0.2, 0.25) is 0 Å². The molecule has 0 bridgehead atoms. The minimum Gasteiger partial charge on any atom is -0.344 e. The van der Waals surface area contributed by atoms with Crippen LogP contribution in [0.4, 0.5) is 0 Å². The van der Waals surface area contributed by atoms with Crippen molar-refractivity contribution >= 4 is 5.91 Å². The molecule has 4 rings (SSSR count). The smallest absolute Gasteiger partial charge is 0.272 e. The Hall–Kier alpha value is -2.88. The summed E-state index contributed by atoms with van der Waals surface area (Å²) < 4.78 is 2.26. The van der Waals surface area contributed by atoms with Crippen molar-refractivity contribution in [1.29, 1.82) is 0 Å². The molecule has 0 unspecified atom stereocenters. The van der Waals surface area contributed by atoms with Gasteiger partial charge in [-0.25, -0.2) is 4.98 Å². The van der Waals surface area contributed by atoms with Crippen LogP contribution >= 0.6 is 0 Å². The molecule has 1 aromatic heterocycles. The number of carbonyl (C=O) groups is 1. The van der Waals surface area contributed by atoms with Crippen molar-refractivity contribution < 1.29 is 4.79 Å². The van der Waals surface area contributed by atoms with Crippen molar-refractivity contribution in [2.24, 2.45) is 0 Å². The average Bonchev–Trinajstić information content (AvgIpc) is 2.90. The summed E-state index contributed by atoms with van der Waals surface area (Å²) in [6.07, 6.45) is 4.33. The first-order chi connectivity index (χ1) is 13.6. The molecule has 0 spiro atoms. The predicted molar refractivity (Wildman–Crippen MR) is 112 cm³/mol. The zero-order valence-electron chi connectivity index (χ0n) is 16.6. The van der Waals surface area contributed by atoms with E-state index < -0.39 is 0 Å². The van der Waals surface area contributed by atoms with Gasteiger partial charge in [-0.2, -0.15) is 0 Å². The highest BCUT2D eigenvalue weighted by atomic mass is 16.2. The van der Waals surface area contributed by atoms with Crippen molar-refractivity contribution in [3.63, 3.8) is 0 Å². The molecule has 4 heteroatoms. The Labute approximate surface area is 166 Å². The van der Waals surface area contributed by atoms with Gasteiger partial charge in [-0.15, -0.1) is 0 Å². The van der Waals surface area contributed by atoms with Crippen LogP contribution in [-0.4, -0.2) is 15.5 Å². The van der Waals surface area contributed by atoms with Crippen molar-refractivity contribution in [1.82, 2.24) is 14.9 Å². The summed E-state index contributed by atoms with van der Waals surface area (Å²) in [5.74, 6) is 0.828. The lowest BCUT2D eigenvalue weighted by Gasteiger charge is -2.14. The van der Waals surface area contributed by atoms with Gasteiger partial charge in [0.15, 0.2) is 0 Å². The molecule has 4 nitrogen and oxygen atoms in total. The summed E-state index contributed by atoms with van der Waals surface area (Å²) in [6, 6.07) is 18.4. The monoisotopic (exact) mass is 373 g/mol. The number of amides is 1. The number of aromatic nitrogens is 2. The number of hydrogen-bond acceptors (Lipinski definition) is 2. The van der Waals surface area contributed by atoms with Gasteiger partial charge in [-0.05, 0) is 38.7 Å². The van der Waals surface area contributed by atoms with Crippen molar-refractivity contribution in [2.75, 3.05) is 0 Å². The molecule has 1 aliphatic rings.